The molecule has 1 N–H and O–H groups in total. The van der Waals surface area contributed by atoms with Crippen LogP contribution in [0.5, 0.6) is 0 Å². The van der Waals surface area contributed by atoms with Gasteiger partial charge in [0.05, 0.1) is 6.61 Å². The van der Waals surface area contributed by atoms with Crippen LogP contribution in [0.15, 0.2) is 0 Å². The predicted octanol–water partition coefficient (Wildman–Crippen LogP) is 1.10. The van der Waals surface area contributed by atoms with E-state index in [2.05, 4.69) is 17.3 Å². The molecule has 1 rings (SSSR count). The fourth-order valence-electron chi connectivity index (χ4n) is 1.89. The van der Waals surface area contributed by atoms with Crippen molar-refractivity contribution in [1.82, 2.24) is 10.2 Å². The van der Waals surface area contributed by atoms with Crippen LogP contribution in [-0.2, 0) is 4.74 Å². The van der Waals surface area contributed by atoms with Crippen LogP contribution in [0.25, 0.3) is 0 Å². The van der Waals surface area contributed by atoms with E-state index in [4.69, 9.17) is 4.74 Å². The molecule has 0 aliphatic carbocycles. The third-order valence-electron chi connectivity index (χ3n) is 2.97. The van der Waals surface area contributed by atoms with Gasteiger partial charge in [0.25, 0.3) is 0 Å². The average molecular weight is 200 g/mol. The molecule has 1 saturated heterocycles. The number of rotatable bonds is 7. The second-order valence-electron chi connectivity index (χ2n) is 4.16. The Balaban J connectivity index is 1.94. The number of hydrogen-bond acceptors (Lipinski definition) is 3. The van der Waals surface area contributed by atoms with Gasteiger partial charge < -0.3 is 15.0 Å². The first-order chi connectivity index (χ1) is 6.84. The summed E-state index contributed by atoms with van der Waals surface area (Å²) in [7, 11) is 4.24. The summed E-state index contributed by atoms with van der Waals surface area (Å²) < 4.78 is 5.37. The smallest absolute Gasteiger partial charge is 0.0622 e. The van der Waals surface area contributed by atoms with Crippen LogP contribution in [0.3, 0.4) is 0 Å². The Morgan fingerprint density at radius 2 is 2.21 bits per heavy atom. The summed E-state index contributed by atoms with van der Waals surface area (Å²) in [6.45, 7) is 4.26. The second-order valence-corrected chi connectivity index (χ2v) is 4.16. The molecule has 1 fully saturated rings. The lowest BCUT2D eigenvalue weighted by atomic mass is 10.2. The van der Waals surface area contributed by atoms with Crippen LogP contribution < -0.4 is 5.32 Å². The standard InChI is InChI=1S/C11H24N2O/c1-12-7-4-3-5-8-13(2)11-6-9-14-10-11/h11-12H,3-10H2,1-2H3. The highest BCUT2D eigenvalue weighted by molar-refractivity contribution is 4.72. The maximum absolute atomic E-state index is 5.37. The molecule has 1 aliphatic heterocycles. The van der Waals surface area contributed by atoms with Crippen molar-refractivity contribution in [3.63, 3.8) is 0 Å². The average Bonchev–Trinajstić information content (AvgIpc) is 2.70. The first-order valence-electron chi connectivity index (χ1n) is 5.77. The van der Waals surface area contributed by atoms with Crippen molar-refractivity contribution in [2.75, 3.05) is 40.4 Å². The summed E-state index contributed by atoms with van der Waals surface area (Å²) in [5.41, 5.74) is 0. The molecule has 1 atom stereocenters. The molecule has 0 spiro atoms. The zero-order chi connectivity index (χ0) is 10.2. The molecule has 14 heavy (non-hydrogen) atoms. The van der Waals surface area contributed by atoms with Crippen LogP contribution in [0.2, 0.25) is 0 Å². The van der Waals surface area contributed by atoms with Crippen LogP contribution in [0, 0.1) is 0 Å². The minimum Gasteiger partial charge on any atom is -0.380 e. The highest BCUT2D eigenvalue weighted by atomic mass is 16.5. The van der Waals surface area contributed by atoms with Gasteiger partial charge in [0.2, 0.25) is 0 Å². The zero-order valence-electron chi connectivity index (χ0n) is 9.59. The van der Waals surface area contributed by atoms with Crippen LogP contribution in [0.1, 0.15) is 25.7 Å². The van der Waals surface area contributed by atoms with Crippen molar-refractivity contribution in [2.45, 2.75) is 31.7 Å². The number of unbranched alkanes of at least 4 members (excludes halogenated alkanes) is 2. The number of nitrogens with one attached hydrogen (secondary N) is 1. The van der Waals surface area contributed by atoms with Crippen LogP contribution >= 0.6 is 0 Å². The maximum atomic E-state index is 5.37. The van der Waals surface area contributed by atoms with Crippen molar-refractivity contribution >= 4 is 0 Å². The molecule has 1 heterocycles. The van der Waals surface area contributed by atoms with Crippen molar-refractivity contribution in [3.05, 3.63) is 0 Å². The van der Waals surface area contributed by atoms with E-state index in [9.17, 15) is 0 Å². The fraction of sp³-hybridized carbons (Fsp3) is 1.00. The largest absolute Gasteiger partial charge is 0.380 e. The summed E-state index contributed by atoms with van der Waals surface area (Å²) in [6, 6.07) is 0.680. The van der Waals surface area contributed by atoms with Gasteiger partial charge in [-0.25, -0.2) is 0 Å². The Morgan fingerprint density at radius 1 is 1.36 bits per heavy atom. The summed E-state index contributed by atoms with van der Waals surface area (Å²) >= 11 is 0. The van der Waals surface area contributed by atoms with Crippen molar-refractivity contribution in [1.29, 1.82) is 0 Å². The highest BCUT2D eigenvalue weighted by Crippen LogP contribution is 2.11. The van der Waals surface area contributed by atoms with E-state index in [-0.39, 0.29) is 0 Å². The minimum absolute atomic E-state index is 0.680. The maximum Gasteiger partial charge on any atom is 0.0622 e. The molecule has 0 aromatic carbocycles. The van der Waals surface area contributed by atoms with Gasteiger partial charge in [0.15, 0.2) is 0 Å². The van der Waals surface area contributed by atoms with Crippen molar-refractivity contribution in [2.24, 2.45) is 0 Å². The van der Waals surface area contributed by atoms with E-state index in [0.717, 1.165) is 19.8 Å². The van der Waals surface area contributed by atoms with E-state index in [0.29, 0.717) is 6.04 Å². The lowest BCUT2D eigenvalue weighted by Crippen LogP contribution is -2.32. The number of nitrogens with zero attached hydrogens (tertiary/aromatic N) is 1. The van der Waals surface area contributed by atoms with Crippen LogP contribution in [0.4, 0.5) is 0 Å². The Kier molecular flexibility index (Phi) is 6.15. The molecule has 0 bridgehead atoms. The topological polar surface area (TPSA) is 24.5 Å². The molecule has 1 unspecified atom stereocenters. The van der Waals surface area contributed by atoms with E-state index in [1.807, 2.05) is 7.05 Å². The van der Waals surface area contributed by atoms with E-state index in [1.54, 1.807) is 0 Å². The molecule has 0 amide bonds. The molecule has 1 aliphatic rings. The SMILES string of the molecule is CNCCCCCN(C)C1CCOC1. The molecule has 84 valence electrons. The first-order valence-corrected chi connectivity index (χ1v) is 5.77. The van der Waals surface area contributed by atoms with E-state index < -0.39 is 0 Å². The van der Waals surface area contributed by atoms with Gasteiger partial charge in [-0.2, -0.15) is 0 Å². The van der Waals surface area contributed by atoms with Gasteiger partial charge in [-0.1, -0.05) is 6.42 Å². The van der Waals surface area contributed by atoms with E-state index in [1.165, 1.54) is 32.2 Å². The summed E-state index contributed by atoms with van der Waals surface area (Å²) in [6.07, 6.45) is 5.16. The van der Waals surface area contributed by atoms with Gasteiger partial charge in [-0.05, 0) is 46.4 Å². The molecule has 0 radical (unpaired) electrons. The van der Waals surface area contributed by atoms with Gasteiger partial charge in [0.1, 0.15) is 0 Å². The Labute approximate surface area is 87.8 Å². The Morgan fingerprint density at radius 3 is 2.86 bits per heavy atom. The van der Waals surface area contributed by atoms with Gasteiger partial charge in [-0.3, -0.25) is 0 Å². The molecule has 0 aromatic rings. The van der Waals surface area contributed by atoms with Crippen LogP contribution in [-0.4, -0.2) is 51.3 Å². The van der Waals surface area contributed by atoms with Crippen molar-refractivity contribution < 1.29 is 4.74 Å². The zero-order valence-corrected chi connectivity index (χ0v) is 9.59. The monoisotopic (exact) mass is 200 g/mol. The quantitative estimate of drug-likeness (QED) is 0.623. The van der Waals surface area contributed by atoms with Gasteiger partial charge in [0, 0.05) is 12.6 Å². The fourth-order valence-corrected chi connectivity index (χ4v) is 1.89. The molecule has 3 heteroatoms. The third kappa shape index (κ3) is 4.40. The molecule has 0 saturated carbocycles. The Hall–Kier alpha value is -0.120. The molecular formula is C11H24N2O. The molecule has 0 aromatic heterocycles. The molecular weight excluding hydrogens is 176 g/mol. The highest BCUT2D eigenvalue weighted by Gasteiger charge is 2.19. The lowest BCUT2D eigenvalue weighted by molar-refractivity contribution is 0.158. The number of hydrogen-bond donors (Lipinski definition) is 1. The lowest BCUT2D eigenvalue weighted by Gasteiger charge is -2.22. The first kappa shape index (κ1) is 12.0. The third-order valence-corrected chi connectivity index (χ3v) is 2.97. The van der Waals surface area contributed by atoms with Crippen molar-refractivity contribution in [3.8, 4) is 0 Å². The Bertz CT molecular complexity index is 135. The normalized spacial score (nSPS) is 22.1. The van der Waals surface area contributed by atoms with Gasteiger partial charge >= 0.3 is 0 Å². The minimum atomic E-state index is 0.680. The summed E-state index contributed by atoms with van der Waals surface area (Å²) in [4.78, 5) is 2.45. The number of ether oxygens (including phenoxy) is 1. The number of likely N-dealkylation sites (N-methyl/N-ethyl adjacent to an activating group) is 1. The second kappa shape index (κ2) is 7.21. The predicted molar refractivity (Wildman–Crippen MR) is 59.6 cm³/mol. The summed E-state index contributed by atoms with van der Waals surface area (Å²) in [5.74, 6) is 0. The van der Waals surface area contributed by atoms with E-state index >= 15 is 0 Å². The van der Waals surface area contributed by atoms with Gasteiger partial charge in [-0.15, -0.1) is 0 Å². The molecule has 3 nitrogen and oxygen atoms in total. The summed E-state index contributed by atoms with van der Waals surface area (Å²) in [5, 5.41) is 3.18.